The predicted molar refractivity (Wildman–Crippen MR) is 82.5 cm³/mol. The number of nitrogens with one attached hydrogen (secondary N) is 1. The number of anilines is 2. The number of ether oxygens (including phenoxy) is 1. The Balaban J connectivity index is 1.54. The van der Waals surface area contributed by atoms with Crippen LogP contribution < -0.4 is 11.1 Å². The molecule has 114 valence electrons. The zero-order chi connectivity index (χ0) is 14.7. The molecule has 0 radical (unpaired) electrons. The van der Waals surface area contributed by atoms with Crippen LogP contribution in [-0.2, 0) is 4.74 Å². The molecule has 0 bridgehead atoms. The maximum Gasteiger partial charge on any atom is 0.240 e. The van der Waals surface area contributed by atoms with Crippen molar-refractivity contribution in [1.29, 1.82) is 0 Å². The smallest absolute Gasteiger partial charge is 0.240 e. The van der Waals surface area contributed by atoms with Crippen molar-refractivity contribution in [3.05, 3.63) is 17.8 Å². The van der Waals surface area contributed by atoms with E-state index in [1.165, 1.54) is 0 Å². The van der Waals surface area contributed by atoms with E-state index in [-0.39, 0.29) is 0 Å². The lowest BCUT2D eigenvalue weighted by molar-refractivity contribution is 0.0378. The van der Waals surface area contributed by atoms with Gasteiger partial charge in [0.15, 0.2) is 5.65 Å². The maximum atomic E-state index is 5.63. The van der Waals surface area contributed by atoms with E-state index in [9.17, 15) is 0 Å². The lowest BCUT2D eigenvalue weighted by atomic mass is 10.3. The number of nitrogens with zero attached hydrogens (tertiary/aromatic N) is 4. The number of aryl methyl sites for hydroxylation is 1. The van der Waals surface area contributed by atoms with Crippen molar-refractivity contribution < 1.29 is 4.74 Å². The van der Waals surface area contributed by atoms with E-state index in [0.717, 1.165) is 62.8 Å². The Hall–Kier alpha value is -1.86. The highest BCUT2D eigenvalue weighted by Crippen LogP contribution is 2.16. The molecular formula is C14H22N6O. The summed E-state index contributed by atoms with van der Waals surface area (Å²) in [7, 11) is 0. The van der Waals surface area contributed by atoms with Crippen molar-refractivity contribution in [1.82, 2.24) is 19.5 Å². The lowest BCUT2D eigenvalue weighted by Crippen LogP contribution is -2.37. The Morgan fingerprint density at radius 3 is 2.95 bits per heavy atom. The van der Waals surface area contributed by atoms with Gasteiger partial charge in [-0.25, -0.2) is 4.52 Å². The van der Waals surface area contributed by atoms with Crippen LogP contribution in [0.2, 0.25) is 0 Å². The predicted octanol–water partition coefficient (Wildman–Crippen LogP) is 0.754. The van der Waals surface area contributed by atoms with Crippen LogP contribution in [0.25, 0.3) is 5.65 Å². The van der Waals surface area contributed by atoms with E-state index >= 15 is 0 Å². The van der Waals surface area contributed by atoms with Gasteiger partial charge in [0, 0.05) is 19.6 Å². The van der Waals surface area contributed by atoms with Gasteiger partial charge in [0.2, 0.25) is 5.95 Å². The highest BCUT2D eigenvalue weighted by atomic mass is 16.5. The molecule has 0 atom stereocenters. The third kappa shape index (κ3) is 3.25. The van der Waals surface area contributed by atoms with Gasteiger partial charge in [-0.2, -0.15) is 4.98 Å². The third-order valence-electron chi connectivity index (χ3n) is 3.83. The minimum absolute atomic E-state index is 0.308. The van der Waals surface area contributed by atoms with Crippen molar-refractivity contribution in [2.75, 3.05) is 50.4 Å². The first-order chi connectivity index (χ1) is 10.2. The lowest BCUT2D eigenvalue weighted by Gasteiger charge is -2.26. The monoisotopic (exact) mass is 290 g/mol. The number of hydrogen-bond acceptors (Lipinski definition) is 6. The van der Waals surface area contributed by atoms with E-state index < -0.39 is 0 Å². The first-order valence-electron chi connectivity index (χ1n) is 7.40. The molecule has 0 aliphatic carbocycles. The van der Waals surface area contributed by atoms with Gasteiger partial charge in [-0.15, -0.1) is 5.10 Å². The molecule has 7 nitrogen and oxygen atoms in total. The molecule has 0 unspecified atom stereocenters. The van der Waals surface area contributed by atoms with Crippen molar-refractivity contribution >= 4 is 17.3 Å². The summed E-state index contributed by atoms with van der Waals surface area (Å²) in [5.41, 5.74) is 8.52. The quantitative estimate of drug-likeness (QED) is 0.791. The molecular weight excluding hydrogens is 268 g/mol. The standard InChI is InChI=1S/C14H22N6O/c1-11-12(3-4-13-17-14(15)18-20(11)13)16-5-2-6-19-7-9-21-10-8-19/h3-4,16H,2,5-10H2,1H3,(H2,15,18). The van der Waals surface area contributed by atoms with Crippen LogP contribution in [0.1, 0.15) is 12.1 Å². The van der Waals surface area contributed by atoms with E-state index in [1.807, 2.05) is 19.1 Å². The van der Waals surface area contributed by atoms with Gasteiger partial charge in [-0.3, -0.25) is 4.90 Å². The Morgan fingerprint density at radius 2 is 2.14 bits per heavy atom. The average Bonchev–Trinajstić information content (AvgIpc) is 2.88. The highest BCUT2D eigenvalue weighted by molar-refractivity contribution is 5.55. The SMILES string of the molecule is Cc1c(NCCCN2CCOCC2)ccc2nc(N)nn12. The molecule has 1 aliphatic heterocycles. The summed E-state index contributed by atoms with van der Waals surface area (Å²) in [5.74, 6) is 0.308. The topological polar surface area (TPSA) is 80.7 Å². The molecule has 1 aliphatic rings. The fourth-order valence-corrected chi connectivity index (χ4v) is 2.63. The molecule has 7 heteroatoms. The Bertz CT molecular complexity index is 605. The molecule has 3 heterocycles. The fourth-order valence-electron chi connectivity index (χ4n) is 2.63. The Labute approximate surface area is 124 Å². The van der Waals surface area contributed by atoms with E-state index in [1.54, 1.807) is 4.52 Å². The van der Waals surface area contributed by atoms with Gasteiger partial charge >= 0.3 is 0 Å². The second-order valence-electron chi connectivity index (χ2n) is 5.31. The number of nitrogen functional groups attached to an aromatic ring is 1. The molecule has 3 N–H and O–H groups in total. The van der Waals surface area contributed by atoms with Crippen LogP contribution in [0.5, 0.6) is 0 Å². The van der Waals surface area contributed by atoms with Crippen molar-refractivity contribution in [3.63, 3.8) is 0 Å². The summed E-state index contributed by atoms with van der Waals surface area (Å²) in [6, 6.07) is 3.97. The third-order valence-corrected chi connectivity index (χ3v) is 3.83. The van der Waals surface area contributed by atoms with Crippen LogP contribution in [0.15, 0.2) is 12.1 Å². The fraction of sp³-hybridized carbons (Fsp3) is 0.571. The number of aromatic nitrogens is 3. The zero-order valence-corrected chi connectivity index (χ0v) is 12.4. The van der Waals surface area contributed by atoms with E-state index in [2.05, 4.69) is 20.3 Å². The average molecular weight is 290 g/mol. The van der Waals surface area contributed by atoms with Gasteiger partial charge in [0.25, 0.3) is 0 Å². The minimum Gasteiger partial charge on any atom is -0.384 e. The molecule has 0 saturated carbocycles. The summed E-state index contributed by atoms with van der Waals surface area (Å²) in [4.78, 5) is 6.60. The number of morpholine rings is 1. The van der Waals surface area contributed by atoms with E-state index in [4.69, 9.17) is 10.5 Å². The Morgan fingerprint density at radius 1 is 1.33 bits per heavy atom. The van der Waals surface area contributed by atoms with Crippen LogP contribution in [-0.4, -0.2) is 58.9 Å². The normalized spacial score (nSPS) is 16.4. The van der Waals surface area contributed by atoms with E-state index in [0.29, 0.717) is 5.95 Å². The van der Waals surface area contributed by atoms with Gasteiger partial charge < -0.3 is 15.8 Å². The van der Waals surface area contributed by atoms with Crippen molar-refractivity contribution in [2.24, 2.45) is 0 Å². The second kappa shape index (κ2) is 6.28. The summed E-state index contributed by atoms with van der Waals surface area (Å²) >= 11 is 0. The summed E-state index contributed by atoms with van der Waals surface area (Å²) in [5, 5.41) is 7.66. The van der Waals surface area contributed by atoms with Gasteiger partial charge in [-0.1, -0.05) is 0 Å². The summed E-state index contributed by atoms with van der Waals surface area (Å²) in [6.07, 6.45) is 1.11. The highest BCUT2D eigenvalue weighted by Gasteiger charge is 2.10. The molecule has 2 aromatic heterocycles. The number of rotatable bonds is 5. The van der Waals surface area contributed by atoms with Crippen LogP contribution in [0.3, 0.4) is 0 Å². The first-order valence-corrected chi connectivity index (χ1v) is 7.40. The molecule has 0 spiro atoms. The molecule has 3 rings (SSSR count). The molecule has 21 heavy (non-hydrogen) atoms. The van der Waals surface area contributed by atoms with Crippen LogP contribution in [0.4, 0.5) is 11.6 Å². The van der Waals surface area contributed by atoms with Gasteiger partial charge in [0.1, 0.15) is 0 Å². The van der Waals surface area contributed by atoms with Crippen molar-refractivity contribution in [2.45, 2.75) is 13.3 Å². The number of nitrogens with two attached hydrogens (primary N) is 1. The molecule has 0 amide bonds. The van der Waals surface area contributed by atoms with Crippen molar-refractivity contribution in [3.8, 4) is 0 Å². The van der Waals surface area contributed by atoms with Gasteiger partial charge in [-0.05, 0) is 32.0 Å². The first kappa shape index (κ1) is 14.1. The number of fused-ring (bicyclic) bond motifs is 1. The molecule has 1 saturated heterocycles. The number of pyridine rings is 1. The summed E-state index contributed by atoms with van der Waals surface area (Å²) in [6.45, 7) is 7.87. The summed E-state index contributed by atoms with van der Waals surface area (Å²) < 4.78 is 7.13. The largest absolute Gasteiger partial charge is 0.384 e. The van der Waals surface area contributed by atoms with Gasteiger partial charge in [0.05, 0.1) is 24.6 Å². The zero-order valence-electron chi connectivity index (χ0n) is 12.4. The molecule has 0 aromatic carbocycles. The second-order valence-corrected chi connectivity index (χ2v) is 5.31. The Kier molecular flexibility index (Phi) is 4.21. The van der Waals surface area contributed by atoms with Crippen LogP contribution >= 0.6 is 0 Å². The molecule has 1 fully saturated rings. The maximum absolute atomic E-state index is 5.63. The molecule has 2 aromatic rings. The van der Waals surface area contributed by atoms with Crippen LogP contribution in [0, 0.1) is 6.92 Å². The number of hydrogen-bond donors (Lipinski definition) is 2. The minimum atomic E-state index is 0.308.